The molecule has 0 aliphatic rings. The van der Waals surface area contributed by atoms with Crippen molar-refractivity contribution < 1.29 is 9.84 Å². The summed E-state index contributed by atoms with van der Waals surface area (Å²) in [4.78, 5) is 4.17. The molecule has 16 heavy (non-hydrogen) atoms. The molecule has 0 fully saturated rings. The van der Waals surface area contributed by atoms with E-state index in [4.69, 9.17) is 4.74 Å². The lowest BCUT2D eigenvalue weighted by Gasteiger charge is -2.08. The lowest BCUT2D eigenvalue weighted by atomic mass is 10.3. The molecule has 2 aromatic rings. The van der Waals surface area contributed by atoms with E-state index in [2.05, 4.69) is 4.98 Å². The summed E-state index contributed by atoms with van der Waals surface area (Å²) in [7, 11) is 0. The minimum Gasteiger partial charge on any atom is -0.508 e. The summed E-state index contributed by atoms with van der Waals surface area (Å²) in [6, 6.07) is 7.22. The molecular formula is C12H14N2O2. The van der Waals surface area contributed by atoms with Crippen LogP contribution in [0.3, 0.4) is 0 Å². The van der Waals surface area contributed by atoms with Crippen molar-refractivity contribution in [3.05, 3.63) is 36.2 Å². The SMILES string of the molecule is CCn1c(C)cnc1Oc1cccc(O)c1. The van der Waals surface area contributed by atoms with Crippen molar-refractivity contribution in [1.82, 2.24) is 9.55 Å². The van der Waals surface area contributed by atoms with Crippen LogP contribution < -0.4 is 4.74 Å². The number of ether oxygens (including phenoxy) is 1. The van der Waals surface area contributed by atoms with Gasteiger partial charge in [-0.05, 0) is 26.0 Å². The van der Waals surface area contributed by atoms with Crippen molar-refractivity contribution in [2.45, 2.75) is 20.4 Å². The molecule has 0 saturated carbocycles. The van der Waals surface area contributed by atoms with E-state index in [0.29, 0.717) is 11.8 Å². The second-order valence-electron chi connectivity index (χ2n) is 3.53. The van der Waals surface area contributed by atoms with Crippen molar-refractivity contribution in [3.8, 4) is 17.5 Å². The lowest BCUT2D eigenvalue weighted by Crippen LogP contribution is -2.00. The smallest absolute Gasteiger partial charge is 0.302 e. The molecule has 1 aromatic carbocycles. The van der Waals surface area contributed by atoms with Gasteiger partial charge in [-0.25, -0.2) is 4.98 Å². The highest BCUT2D eigenvalue weighted by Gasteiger charge is 2.07. The van der Waals surface area contributed by atoms with E-state index >= 15 is 0 Å². The zero-order valence-electron chi connectivity index (χ0n) is 9.34. The van der Waals surface area contributed by atoms with Gasteiger partial charge in [0.25, 0.3) is 0 Å². The van der Waals surface area contributed by atoms with Gasteiger partial charge in [0.05, 0.1) is 6.20 Å². The third-order valence-electron chi connectivity index (χ3n) is 2.36. The van der Waals surface area contributed by atoms with Gasteiger partial charge in [-0.15, -0.1) is 0 Å². The number of aromatic hydroxyl groups is 1. The van der Waals surface area contributed by atoms with Gasteiger partial charge in [0.1, 0.15) is 11.5 Å². The number of rotatable bonds is 3. The molecule has 0 aliphatic heterocycles. The fourth-order valence-corrected chi connectivity index (χ4v) is 1.56. The Morgan fingerprint density at radius 3 is 2.94 bits per heavy atom. The second kappa shape index (κ2) is 4.26. The van der Waals surface area contributed by atoms with E-state index in [1.165, 1.54) is 0 Å². The van der Waals surface area contributed by atoms with Crippen LogP contribution in [0.5, 0.6) is 17.5 Å². The maximum absolute atomic E-state index is 9.32. The van der Waals surface area contributed by atoms with Gasteiger partial charge in [-0.3, -0.25) is 4.57 Å². The van der Waals surface area contributed by atoms with Crippen LogP contribution >= 0.6 is 0 Å². The number of phenolic OH excluding ortho intramolecular Hbond substituents is 1. The number of phenols is 1. The number of aryl methyl sites for hydroxylation is 1. The number of imidazole rings is 1. The van der Waals surface area contributed by atoms with Crippen LogP contribution in [0, 0.1) is 6.92 Å². The number of aromatic nitrogens is 2. The van der Waals surface area contributed by atoms with Gasteiger partial charge in [0, 0.05) is 18.3 Å². The van der Waals surface area contributed by atoms with Gasteiger partial charge in [0.15, 0.2) is 0 Å². The summed E-state index contributed by atoms with van der Waals surface area (Å²) < 4.78 is 7.56. The average molecular weight is 218 g/mol. The lowest BCUT2D eigenvalue weighted by molar-refractivity contribution is 0.407. The molecular weight excluding hydrogens is 204 g/mol. The van der Waals surface area contributed by atoms with Gasteiger partial charge in [0.2, 0.25) is 0 Å². The molecule has 4 heteroatoms. The number of hydrogen-bond donors (Lipinski definition) is 1. The van der Waals surface area contributed by atoms with Crippen LogP contribution in [-0.2, 0) is 6.54 Å². The van der Waals surface area contributed by atoms with Crippen molar-refractivity contribution in [1.29, 1.82) is 0 Å². The predicted octanol–water partition coefficient (Wildman–Crippen LogP) is 2.71. The van der Waals surface area contributed by atoms with E-state index in [1.807, 2.05) is 18.4 Å². The van der Waals surface area contributed by atoms with E-state index in [-0.39, 0.29) is 5.75 Å². The Labute approximate surface area is 94.1 Å². The Bertz CT molecular complexity index is 492. The summed E-state index contributed by atoms with van der Waals surface area (Å²) in [5.41, 5.74) is 1.05. The second-order valence-corrected chi connectivity index (χ2v) is 3.53. The summed E-state index contributed by atoms with van der Waals surface area (Å²) in [5.74, 6) is 0.768. The molecule has 0 bridgehead atoms. The van der Waals surface area contributed by atoms with Gasteiger partial charge in [-0.1, -0.05) is 6.07 Å². The molecule has 0 unspecified atom stereocenters. The predicted molar refractivity (Wildman–Crippen MR) is 60.8 cm³/mol. The standard InChI is InChI=1S/C12H14N2O2/c1-3-14-9(2)8-13-12(14)16-11-6-4-5-10(15)7-11/h4-8,15H,3H2,1-2H3. The Morgan fingerprint density at radius 1 is 1.44 bits per heavy atom. The molecule has 4 nitrogen and oxygen atoms in total. The molecule has 1 N–H and O–H groups in total. The summed E-state index contributed by atoms with van der Waals surface area (Å²) >= 11 is 0. The topological polar surface area (TPSA) is 47.3 Å². The van der Waals surface area contributed by atoms with Gasteiger partial charge in [-0.2, -0.15) is 0 Å². The van der Waals surface area contributed by atoms with Gasteiger partial charge >= 0.3 is 6.01 Å². The molecule has 0 radical (unpaired) electrons. The normalized spacial score (nSPS) is 10.4. The quantitative estimate of drug-likeness (QED) is 0.861. The number of hydrogen-bond acceptors (Lipinski definition) is 3. The molecule has 2 rings (SSSR count). The van der Waals surface area contributed by atoms with Crippen molar-refractivity contribution in [2.24, 2.45) is 0 Å². The summed E-state index contributed by atoms with van der Waals surface area (Å²) in [6.07, 6.45) is 1.77. The van der Waals surface area contributed by atoms with Crippen molar-refractivity contribution in [3.63, 3.8) is 0 Å². The Kier molecular flexibility index (Phi) is 2.81. The first-order valence-electron chi connectivity index (χ1n) is 5.19. The van der Waals surface area contributed by atoms with Crippen LogP contribution in [0.25, 0.3) is 0 Å². The van der Waals surface area contributed by atoms with Crippen LogP contribution in [-0.4, -0.2) is 14.7 Å². The third-order valence-corrected chi connectivity index (χ3v) is 2.36. The highest BCUT2D eigenvalue weighted by Crippen LogP contribution is 2.24. The Balaban J connectivity index is 2.27. The maximum atomic E-state index is 9.32. The highest BCUT2D eigenvalue weighted by atomic mass is 16.5. The molecule has 0 atom stereocenters. The Hall–Kier alpha value is -1.97. The minimum absolute atomic E-state index is 0.184. The van der Waals surface area contributed by atoms with Crippen LogP contribution in [0.1, 0.15) is 12.6 Å². The van der Waals surface area contributed by atoms with E-state index in [0.717, 1.165) is 12.2 Å². The molecule has 1 heterocycles. The zero-order chi connectivity index (χ0) is 11.5. The maximum Gasteiger partial charge on any atom is 0.302 e. The summed E-state index contributed by atoms with van der Waals surface area (Å²) in [5, 5.41) is 9.32. The first kappa shape index (κ1) is 10.5. The highest BCUT2D eigenvalue weighted by molar-refractivity contribution is 5.33. The number of nitrogens with zero attached hydrogens (tertiary/aromatic N) is 2. The molecule has 0 spiro atoms. The third kappa shape index (κ3) is 2.00. The minimum atomic E-state index is 0.184. The molecule has 0 amide bonds. The van der Waals surface area contributed by atoms with Gasteiger partial charge < -0.3 is 9.84 Å². The van der Waals surface area contributed by atoms with Crippen molar-refractivity contribution in [2.75, 3.05) is 0 Å². The largest absolute Gasteiger partial charge is 0.508 e. The Morgan fingerprint density at radius 2 is 2.25 bits per heavy atom. The number of benzene rings is 1. The molecule has 0 aliphatic carbocycles. The fraction of sp³-hybridized carbons (Fsp3) is 0.250. The van der Waals surface area contributed by atoms with Crippen molar-refractivity contribution >= 4 is 0 Å². The van der Waals surface area contributed by atoms with E-state index in [1.54, 1.807) is 30.5 Å². The van der Waals surface area contributed by atoms with E-state index in [9.17, 15) is 5.11 Å². The first-order valence-corrected chi connectivity index (χ1v) is 5.19. The van der Waals surface area contributed by atoms with Crippen LogP contribution in [0.4, 0.5) is 0 Å². The van der Waals surface area contributed by atoms with Crippen LogP contribution in [0.2, 0.25) is 0 Å². The first-order chi connectivity index (χ1) is 7.70. The molecule has 1 aromatic heterocycles. The van der Waals surface area contributed by atoms with Crippen LogP contribution in [0.15, 0.2) is 30.5 Å². The average Bonchev–Trinajstić information content (AvgIpc) is 2.59. The summed E-state index contributed by atoms with van der Waals surface area (Å²) in [6.45, 7) is 4.82. The zero-order valence-corrected chi connectivity index (χ0v) is 9.34. The fourth-order valence-electron chi connectivity index (χ4n) is 1.56. The molecule has 84 valence electrons. The van der Waals surface area contributed by atoms with E-state index < -0.39 is 0 Å². The molecule has 0 saturated heterocycles. The monoisotopic (exact) mass is 218 g/mol.